The third kappa shape index (κ3) is 2.78. The second-order valence-electron chi connectivity index (χ2n) is 4.69. The molecule has 0 heterocycles. The van der Waals surface area contributed by atoms with E-state index >= 15 is 0 Å². The molecular weight excluding hydrogens is 210 g/mol. The first kappa shape index (κ1) is 11.9. The fourth-order valence-electron chi connectivity index (χ4n) is 2.59. The highest BCUT2D eigenvalue weighted by Gasteiger charge is 2.24. The van der Waals surface area contributed by atoms with Gasteiger partial charge in [0.15, 0.2) is 0 Å². The van der Waals surface area contributed by atoms with Gasteiger partial charge in [0.2, 0.25) is 0 Å². The summed E-state index contributed by atoms with van der Waals surface area (Å²) in [5.74, 6) is 0.537. The maximum Gasteiger partial charge on any atom is 0.101 e. The van der Waals surface area contributed by atoms with Crippen molar-refractivity contribution in [2.45, 2.75) is 31.7 Å². The Morgan fingerprint density at radius 2 is 2.06 bits per heavy atom. The lowest BCUT2D eigenvalue weighted by atomic mass is 9.84. The van der Waals surface area contributed by atoms with Crippen molar-refractivity contribution in [1.29, 1.82) is 5.26 Å². The smallest absolute Gasteiger partial charge is 0.101 e. The largest absolute Gasteiger partial charge is 0.381 e. The van der Waals surface area contributed by atoms with Gasteiger partial charge >= 0.3 is 0 Å². The highest BCUT2D eigenvalue weighted by molar-refractivity contribution is 5.57. The zero-order chi connectivity index (χ0) is 12.1. The molecule has 0 spiro atoms. The molecule has 0 bridgehead atoms. The van der Waals surface area contributed by atoms with Crippen LogP contribution >= 0.6 is 0 Å². The molecule has 1 saturated carbocycles. The molecule has 2 rings (SSSR count). The molecule has 1 aromatic rings. The quantitative estimate of drug-likeness (QED) is 0.837. The predicted octanol–water partition coefficient (Wildman–Crippen LogP) is 2.49. The Kier molecular flexibility index (Phi) is 4.00. The van der Waals surface area contributed by atoms with E-state index < -0.39 is 0 Å². The van der Waals surface area contributed by atoms with Crippen LogP contribution in [0.4, 0.5) is 5.69 Å². The van der Waals surface area contributed by atoms with E-state index in [4.69, 9.17) is 11.0 Å². The molecule has 2 unspecified atom stereocenters. The third-order valence-corrected chi connectivity index (χ3v) is 3.60. The molecule has 0 saturated heterocycles. The maximum absolute atomic E-state index is 9.06. The minimum absolute atomic E-state index is 0.420. The van der Waals surface area contributed by atoms with Gasteiger partial charge < -0.3 is 11.1 Å². The number of para-hydroxylation sites is 1. The average molecular weight is 229 g/mol. The minimum Gasteiger partial charge on any atom is -0.381 e. The van der Waals surface area contributed by atoms with Crippen LogP contribution in [0, 0.1) is 17.2 Å². The van der Waals surface area contributed by atoms with Crippen molar-refractivity contribution in [3.05, 3.63) is 29.8 Å². The number of nitrogens with one attached hydrogen (secondary N) is 1. The van der Waals surface area contributed by atoms with Crippen LogP contribution in [0.15, 0.2) is 24.3 Å². The van der Waals surface area contributed by atoms with Crippen LogP contribution in [-0.2, 0) is 0 Å². The lowest BCUT2D eigenvalue weighted by Crippen LogP contribution is -2.36. The lowest BCUT2D eigenvalue weighted by molar-refractivity contribution is 0.332. The van der Waals surface area contributed by atoms with E-state index in [2.05, 4.69) is 11.4 Å². The number of anilines is 1. The van der Waals surface area contributed by atoms with E-state index in [-0.39, 0.29) is 0 Å². The topological polar surface area (TPSA) is 61.8 Å². The van der Waals surface area contributed by atoms with Gasteiger partial charge in [0.05, 0.1) is 11.3 Å². The predicted molar refractivity (Wildman–Crippen MR) is 69.6 cm³/mol. The van der Waals surface area contributed by atoms with E-state index in [1.54, 1.807) is 0 Å². The van der Waals surface area contributed by atoms with Gasteiger partial charge in [-0.1, -0.05) is 25.0 Å². The fraction of sp³-hybridized carbons (Fsp3) is 0.500. The fourth-order valence-corrected chi connectivity index (χ4v) is 2.59. The van der Waals surface area contributed by atoms with Gasteiger partial charge in [0.25, 0.3) is 0 Å². The van der Waals surface area contributed by atoms with Gasteiger partial charge in [0.1, 0.15) is 6.07 Å². The number of hydrogen-bond acceptors (Lipinski definition) is 3. The van der Waals surface area contributed by atoms with Crippen molar-refractivity contribution in [2.24, 2.45) is 11.7 Å². The molecule has 1 aliphatic rings. The summed E-state index contributed by atoms with van der Waals surface area (Å²) in [6, 6.07) is 10.3. The Hall–Kier alpha value is -1.53. The Bertz CT molecular complexity index is 408. The second kappa shape index (κ2) is 5.70. The molecule has 3 nitrogen and oxygen atoms in total. The van der Waals surface area contributed by atoms with Crippen LogP contribution in [0.3, 0.4) is 0 Å². The first-order valence-corrected chi connectivity index (χ1v) is 6.31. The molecule has 3 heteroatoms. The summed E-state index contributed by atoms with van der Waals surface area (Å²) in [6.45, 7) is 0.729. The number of rotatable bonds is 3. The minimum atomic E-state index is 0.420. The highest BCUT2D eigenvalue weighted by atomic mass is 14.9. The van der Waals surface area contributed by atoms with Crippen LogP contribution in [0.1, 0.15) is 31.2 Å². The molecule has 0 amide bonds. The number of nitriles is 1. The number of nitrogens with zero attached hydrogens (tertiary/aromatic N) is 1. The zero-order valence-corrected chi connectivity index (χ0v) is 10.0. The van der Waals surface area contributed by atoms with Crippen molar-refractivity contribution >= 4 is 5.69 Å². The Labute approximate surface area is 103 Å². The van der Waals surface area contributed by atoms with Crippen LogP contribution < -0.4 is 11.1 Å². The maximum atomic E-state index is 9.06. The summed E-state index contributed by atoms with van der Waals surface area (Å²) >= 11 is 0. The van der Waals surface area contributed by atoms with Crippen molar-refractivity contribution < 1.29 is 0 Å². The first-order chi connectivity index (χ1) is 8.35. The van der Waals surface area contributed by atoms with Crippen molar-refractivity contribution in [3.63, 3.8) is 0 Å². The normalized spacial score (nSPS) is 24.0. The van der Waals surface area contributed by atoms with E-state index in [1.165, 1.54) is 19.3 Å². The molecular formula is C14H19N3. The SMILES string of the molecule is N#Cc1ccccc1NC1CCCCC1CN. The molecule has 3 N–H and O–H groups in total. The van der Waals surface area contributed by atoms with Gasteiger partial charge in [-0.2, -0.15) is 5.26 Å². The van der Waals surface area contributed by atoms with E-state index in [9.17, 15) is 0 Å². The summed E-state index contributed by atoms with van der Waals surface area (Å²) in [6.07, 6.45) is 4.88. The molecule has 17 heavy (non-hydrogen) atoms. The second-order valence-corrected chi connectivity index (χ2v) is 4.69. The van der Waals surface area contributed by atoms with Gasteiger partial charge in [0, 0.05) is 6.04 Å². The van der Waals surface area contributed by atoms with Gasteiger partial charge in [-0.25, -0.2) is 0 Å². The third-order valence-electron chi connectivity index (χ3n) is 3.60. The molecule has 0 radical (unpaired) electrons. The number of hydrogen-bond donors (Lipinski definition) is 2. The Morgan fingerprint density at radius 3 is 2.82 bits per heavy atom. The summed E-state index contributed by atoms with van der Waals surface area (Å²) in [4.78, 5) is 0. The van der Waals surface area contributed by atoms with Gasteiger partial charge in [-0.3, -0.25) is 0 Å². The van der Waals surface area contributed by atoms with E-state index in [1.807, 2.05) is 24.3 Å². The standard InChI is InChI=1S/C14H19N3/c15-9-11-5-1-3-7-13(11)17-14-8-4-2-6-12(14)10-16/h1,3,5,7,12,14,17H,2,4,6,8,10,16H2. The van der Waals surface area contributed by atoms with Crippen LogP contribution in [-0.4, -0.2) is 12.6 Å². The molecule has 1 aliphatic carbocycles. The summed E-state index contributed by atoms with van der Waals surface area (Å²) in [5.41, 5.74) is 7.47. The molecule has 1 fully saturated rings. The molecule has 0 aliphatic heterocycles. The molecule has 0 aromatic heterocycles. The first-order valence-electron chi connectivity index (χ1n) is 6.31. The average Bonchev–Trinajstić information content (AvgIpc) is 2.40. The summed E-state index contributed by atoms with van der Waals surface area (Å²) in [5, 5.41) is 12.6. The highest BCUT2D eigenvalue weighted by Crippen LogP contribution is 2.27. The van der Waals surface area contributed by atoms with E-state index in [0.29, 0.717) is 17.5 Å². The summed E-state index contributed by atoms with van der Waals surface area (Å²) < 4.78 is 0. The Balaban J connectivity index is 2.11. The van der Waals surface area contributed by atoms with Crippen molar-refractivity contribution in [2.75, 3.05) is 11.9 Å². The lowest BCUT2D eigenvalue weighted by Gasteiger charge is -2.32. The zero-order valence-electron chi connectivity index (χ0n) is 10.0. The van der Waals surface area contributed by atoms with E-state index in [0.717, 1.165) is 18.7 Å². The number of nitrogens with two attached hydrogens (primary N) is 1. The molecule has 90 valence electrons. The van der Waals surface area contributed by atoms with Crippen LogP contribution in [0.5, 0.6) is 0 Å². The monoisotopic (exact) mass is 229 g/mol. The van der Waals surface area contributed by atoms with Crippen LogP contribution in [0.25, 0.3) is 0 Å². The van der Waals surface area contributed by atoms with Gasteiger partial charge in [-0.15, -0.1) is 0 Å². The van der Waals surface area contributed by atoms with Crippen molar-refractivity contribution in [1.82, 2.24) is 0 Å². The molecule has 1 aromatic carbocycles. The Morgan fingerprint density at radius 1 is 1.29 bits per heavy atom. The summed E-state index contributed by atoms with van der Waals surface area (Å²) in [7, 11) is 0. The number of benzene rings is 1. The van der Waals surface area contributed by atoms with Crippen LogP contribution in [0.2, 0.25) is 0 Å². The van der Waals surface area contributed by atoms with Crippen molar-refractivity contribution in [3.8, 4) is 6.07 Å². The molecule has 2 atom stereocenters. The van der Waals surface area contributed by atoms with Gasteiger partial charge in [-0.05, 0) is 37.4 Å².